The summed E-state index contributed by atoms with van der Waals surface area (Å²) < 4.78 is 0. The van der Waals surface area contributed by atoms with E-state index in [1.165, 1.54) is 18.4 Å². The van der Waals surface area contributed by atoms with Crippen molar-refractivity contribution >= 4 is 5.91 Å². The first-order valence-corrected chi connectivity index (χ1v) is 7.12. The van der Waals surface area contributed by atoms with Crippen LogP contribution in [0.4, 0.5) is 0 Å². The molecule has 1 saturated heterocycles. The quantitative estimate of drug-likeness (QED) is 0.846. The maximum atomic E-state index is 12.0. The van der Waals surface area contributed by atoms with Gasteiger partial charge in [0.1, 0.15) is 0 Å². The van der Waals surface area contributed by atoms with E-state index in [1.807, 2.05) is 24.1 Å². The largest absolute Gasteiger partial charge is 0.345 e. The van der Waals surface area contributed by atoms with Crippen LogP contribution in [0.15, 0.2) is 24.5 Å². The second-order valence-corrected chi connectivity index (χ2v) is 5.25. The minimum absolute atomic E-state index is 0.253. The van der Waals surface area contributed by atoms with Gasteiger partial charge in [0.05, 0.1) is 0 Å². The van der Waals surface area contributed by atoms with Crippen LogP contribution in [0, 0.1) is 0 Å². The van der Waals surface area contributed by atoms with E-state index in [2.05, 4.69) is 10.3 Å². The van der Waals surface area contributed by atoms with Crippen molar-refractivity contribution in [2.75, 3.05) is 20.1 Å². The third-order valence-electron chi connectivity index (χ3n) is 3.78. The predicted octanol–water partition coefficient (Wildman–Crippen LogP) is 1.61. The van der Waals surface area contributed by atoms with Crippen LogP contribution >= 0.6 is 0 Å². The Morgan fingerprint density at radius 1 is 1.47 bits per heavy atom. The van der Waals surface area contributed by atoms with Crippen LogP contribution in [-0.4, -0.2) is 42.0 Å². The Balaban J connectivity index is 1.67. The van der Waals surface area contributed by atoms with Gasteiger partial charge in [-0.25, -0.2) is 0 Å². The molecule has 0 aromatic carbocycles. The average molecular weight is 261 g/mol. The summed E-state index contributed by atoms with van der Waals surface area (Å²) in [4.78, 5) is 17.8. The van der Waals surface area contributed by atoms with Crippen molar-refractivity contribution in [3.8, 4) is 0 Å². The van der Waals surface area contributed by atoms with Crippen LogP contribution in [0.25, 0.3) is 0 Å². The molecule has 1 amide bonds. The van der Waals surface area contributed by atoms with E-state index in [4.69, 9.17) is 0 Å². The van der Waals surface area contributed by atoms with Crippen molar-refractivity contribution in [2.24, 2.45) is 0 Å². The zero-order chi connectivity index (χ0) is 13.5. The minimum Gasteiger partial charge on any atom is -0.345 e. The molecular formula is C15H23N3O. The lowest BCUT2D eigenvalue weighted by molar-refractivity contribution is -0.130. The van der Waals surface area contributed by atoms with E-state index in [1.54, 1.807) is 12.4 Å². The van der Waals surface area contributed by atoms with Gasteiger partial charge in [0.15, 0.2) is 0 Å². The fraction of sp³-hybridized carbons (Fsp3) is 0.600. The normalized spacial score (nSPS) is 18.5. The van der Waals surface area contributed by atoms with Gasteiger partial charge in [0.25, 0.3) is 0 Å². The Hall–Kier alpha value is -1.42. The third kappa shape index (κ3) is 4.63. The summed E-state index contributed by atoms with van der Waals surface area (Å²) in [5, 5.41) is 3.43. The predicted molar refractivity (Wildman–Crippen MR) is 75.8 cm³/mol. The monoisotopic (exact) mass is 261 g/mol. The van der Waals surface area contributed by atoms with Gasteiger partial charge in [-0.05, 0) is 49.9 Å². The van der Waals surface area contributed by atoms with Crippen LogP contribution < -0.4 is 5.32 Å². The fourth-order valence-corrected chi connectivity index (χ4v) is 2.46. The molecule has 0 bridgehead atoms. The molecule has 1 aromatic rings. The summed E-state index contributed by atoms with van der Waals surface area (Å²) in [6, 6.07) is 4.55. The van der Waals surface area contributed by atoms with Gasteiger partial charge < -0.3 is 10.2 Å². The summed E-state index contributed by atoms with van der Waals surface area (Å²) in [5.74, 6) is 0.253. The fourth-order valence-electron chi connectivity index (χ4n) is 2.46. The molecule has 2 rings (SSSR count). The number of rotatable bonds is 6. The topological polar surface area (TPSA) is 45.2 Å². The van der Waals surface area contributed by atoms with Crippen LogP contribution in [0.2, 0.25) is 0 Å². The molecule has 1 aliphatic rings. The summed E-state index contributed by atoms with van der Waals surface area (Å²) in [7, 11) is 1.89. The average Bonchev–Trinajstić information content (AvgIpc) is 2.96. The molecule has 0 spiro atoms. The van der Waals surface area contributed by atoms with Crippen molar-refractivity contribution in [1.82, 2.24) is 15.2 Å². The molecule has 4 nitrogen and oxygen atoms in total. The highest BCUT2D eigenvalue weighted by Gasteiger charge is 2.16. The number of nitrogens with one attached hydrogen (secondary N) is 1. The molecule has 1 aliphatic heterocycles. The first-order valence-electron chi connectivity index (χ1n) is 7.12. The van der Waals surface area contributed by atoms with Gasteiger partial charge in [0, 0.05) is 38.4 Å². The molecule has 1 aromatic heterocycles. The smallest absolute Gasteiger partial charge is 0.222 e. The second-order valence-electron chi connectivity index (χ2n) is 5.25. The van der Waals surface area contributed by atoms with E-state index in [0.717, 1.165) is 25.9 Å². The molecule has 104 valence electrons. The lowest BCUT2D eigenvalue weighted by atomic mass is 10.1. The molecular weight excluding hydrogens is 238 g/mol. The molecule has 0 radical (unpaired) electrons. The molecule has 0 saturated carbocycles. The number of carbonyl (C=O) groups excluding carboxylic acids is 1. The van der Waals surface area contributed by atoms with Gasteiger partial charge in [-0.15, -0.1) is 0 Å². The number of nitrogens with zero attached hydrogens (tertiary/aromatic N) is 2. The molecule has 0 aliphatic carbocycles. The van der Waals surface area contributed by atoms with Crippen LogP contribution in [0.1, 0.15) is 31.2 Å². The molecule has 1 atom stereocenters. The van der Waals surface area contributed by atoms with Crippen LogP contribution in [0.3, 0.4) is 0 Å². The Kier molecular flexibility index (Phi) is 5.33. The summed E-state index contributed by atoms with van der Waals surface area (Å²) >= 11 is 0. The zero-order valence-corrected chi connectivity index (χ0v) is 11.6. The number of aromatic nitrogens is 1. The maximum absolute atomic E-state index is 12.0. The molecule has 4 heteroatoms. The highest BCUT2D eigenvalue weighted by atomic mass is 16.2. The highest BCUT2D eigenvalue weighted by Crippen LogP contribution is 2.11. The zero-order valence-electron chi connectivity index (χ0n) is 11.6. The van der Waals surface area contributed by atoms with Gasteiger partial charge in [-0.2, -0.15) is 0 Å². The van der Waals surface area contributed by atoms with Crippen LogP contribution in [-0.2, 0) is 11.2 Å². The van der Waals surface area contributed by atoms with Crippen molar-refractivity contribution < 1.29 is 4.79 Å². The van der Waals surface area contributed by atoms with E-state index in [9.17, 15) is 4.79 Å². The number of carbonyl (C=O) groups is 1. The number of likely N-dealkylation sites (N-methyl/N-ethyl adjacent to an activating group) is 1. The van der Waals surface area contributed by atoms with Gasteiger partial charge >= 0.3 is 0 Å². The lowest BCUT2D eigenvalue weighted by Gasteiger charge is -2.18. The number of hydrogen-bond donors (Lipinski definition) is 1. The van der Waals surface area contributed by atoms with Gasteiger partial charge in [0.2, 0.25) is 5.91 Å². The molecule has 2 heterocycles. The molecule has 1 unspecified atom stereocenters. The molecule has 19 heavy (non-hydrogen) atoms. The van der Waals surface area contributed by atoms with Crippen molar-refractivity contribution in [2.45, 2.75) is 38.1 Å². The summed E-state index contributed by atoms with van der Waals surface area (Å²) in [6.07, 6.45) is 8.58. The Morgan fingerprint density at radius 2 is 2.26 bits per heavy atom. The Labute approximate surface area is 115 Å². The van der Waals surface area contributed by atoms with Crippen molar-refractivity contribution in [3.63, 3.8) is 0 Å². The Morgan fingerprint density at radius 3 is 2.95 bits per heavy atom. The summed E-state index contributed by atoms with van der Waals surface area (Å²) in [6.45, 7) is 1.89. The molecule has 1 N–H and O–H groups in total. The highest BCUT2D eigenvalue weighted by molar-refractivity contribution is 5.75. The Bertz CT molecular complexity index is 388. The van der Waals surface area contributed by atoms with Gasteiger partial charge in [-0.3, -0.25) is 9.78 Å². The van der Waals surface area contributed by atoms with Gasteiger partial charge in [-0.1, -0.05) is 0 Å². The third-order valence-corrected chi connectivity index (χ3v) is 3.78. The number of pyridine rings is 1. The minimum atomic E-state index is 0.253. The first-order chi connectivity index (χ1) is 9.25. The van der Waals surface area contributed by atoms with E-state index < -0.39 is 0 Å². The van der Waals surface area contributed by atoms with Crippen molar-refractivity contribution in [3.05, 3.63) is 30.1 Å². The number of amides is 1. The molecule has 1 fully saturated rings. The van der Waals surface area contributed by atoms with E-state index in [0.29, 0.717) is 12.5 Å². The first kappa shape index (κ1) is 14.0. The standard InChI is InChI=1S/C15H23N3O/c1-18(12-8-13-6-10-16-11-7-13)15(19)5-4-14-3-2-9-17-14/h6-7,10-11,14,17H,2-5,8-9,12H2,1H3. The van der Waals surface area contributed by atoms with Crippen LogP contribution in [0.5, 0.6) is 0 Å². The van der Waals surface area contributed by atoms with E-state index >= 15 is 0 Å². The van der Waals surface area contributed by atoms with Crippen molar-refractivity contribution in [1.29, 1.82) is 0 Å². The summed E-state index contributed by atoms with van der Waals surface area (Å²) in [5.41, 5.74) is 1.23. The second kappa shape index (κ2) is 7.24. The number of hydrogen-bond acceptors (Lipinski definition) is 3. The lowest BCUT2D eigenvalue weighted by Crippen LogP contribution is -2.30. The van der Waals surface area contributed by atoms with E-state index in [-0.39, 0.29) is 5.91 Å². The SMILES string of the molecule is CN(CCc1ccncc1)C(=O)CCC1CCCN1. The maximum Gasteiger partial charge on any atom is 0.222 e.